The molecule has 0 bridgehead atoms. The van der Waals surface area contributed by atoms with E-state index in [0.717, 1.165) is 19.3 Å². The molecule has 5 nitrogen and oxygen atoms in total. The highest BCUT2D eigenvalue weighted by atomic mass is 32.2. The first-order valence-electron chi connectivity index (χ1n) is 7.09. The molecule has 1 aromatic heterocycles. The standard InChI is InChI=1S/C14H23N3O2S/c1-11-7-4-5-9-13(11)17(3)20(18,19)14-12(15-2)8-6-10-16-14/h6,8,10-11,13,15H,4-5,7,9H2,1-3H3. The zero-order chi connectivity index (χ0) is 14.8. The average molecular weight is 297 g/mol. The quantitative estimate of drug-likeness (QED) is 0.926. The maximum Gasteiger partial charge on any atom is 0.262 e. The lowest BCUT2D eigenvalue weighted by atomic mass is 9.86. The SMILES string of the molecule is CNc1cccnc1S(=O)(=O)N(C)C1CCCCC1C. The van der Waals surface area contributed by atoms with E-state index in [2.05, 4.69) is 17.2 Å². The molecule has 0 saturated heterocycles. The van der Waals surface area contributed by atoms with Crippen LogP contribution in [0.2, 0.25) is 0 Å². The molecule has 6 heteroatoms. The Hall–Kier alpha value is -1.14. The van der Waals surface area contributed by atoms with Crippen molar-refractivity contribution in [3.8, 4) is 0 Å². The van der Waals surface area contributed by atoms with Gasteiger partial charge in [0.05, 0.1) is 5.69 Å². The van der Waals surface area contributed by atoms with E-state index in [1.807, 2.05) is 0 Å². The zero-order valence-electron chi connectivity index (χ0n) is 12.3. The van der Waals surface area contributed by atoms with Crippen LogP contribution in [-0.2, 0) is 10.0 Å². The maximum absolute atomic E-state index is 12.8. The molecule has 0 amide bonds. The number of aromatic nitrogens is 1. The largest absolute Gasteiger partial charge is 0.386 e. The molecule has 0 radical (unpaired) electrons. The molecule has 1 N–H and O–H groups in total. The van der Waals surface area contributed by atoms with Crippen molar-refractivity contribution in [3.05, 3.63) is 18.3 Å². The van der Waals surface area contributed by atoms with E-state index in [1.54, 1.807) is 26.2 Å². The predicted octanol–water partition coefficient (Wildman–Crippen LogP) is 2.32. The molecule has 0 spiro atoms. The Morgan fingerprint density at radius 1 is 1.35 bits per heavy atom. The van der Waals surface area contributed by atoms with Gasteiger partial charge >= 0.3 is 0 Å². The highest BCUT2D eigenvalue weighted by molar-refractivity contribution is 7.89. The fourth-order valence-corrected chi connectivity index (χ4v) is 4.52. The smallest absolute Gasteiger partial charge is 0.262 e. The molecule has 20 heavy (non-hydrogen) atoms. The van der Waals surface area contributed by atoms with Gasteiger partial charge in [0.25, 0.3) is 10.0 Å². The summed E-state index contributed by atoms with van der Waals surface area (Å²) in [5.41, 5.74) is 0.544. The Morgan fingerprint density at radius 2 is 2.05 bits per heavy atom. The molecule has 2 unspecified atom stereocenters. The Morgan fingerprint density at radius 3 is 2.70 bits per heavy atom. The van der Waals surface area contributed by atoms with E-state index < -0.39 is 10.0 Å². The fourth-order valence-electron chi connectivity index (χ4n) is 2.94. The van der Waals surface area contributed by atoms with Crippen LogP contribution < -0.4 is 5.32 Å². The number of anilines is 1. The number of sulfonamides is 1. The monoisotopic (exact) mass is 297 g/mol. The van der Waals surface area contributed by atoms with Gasteiger partial charge in [-0.15, -0.1) is 0 Å². The second kappa shape index (κ2) is 6.10. The van der Waals surface area contributed by atoms with Crippen LogP contribution >= 0.6 is 0 Å². The summed E-state index contributed by atoms with van der Waals surface area (Å²) in [6.07, 6.45) is 5.82. The summed E-state index contributed by atoms with van der Waals surface area (Å²) in [6, 6.07) is 3.53. The minimum absolute atomic E-state index is 0.0699. The number of hydrogen-bond acceptors (Lipinski definition) is 4. The van der Waals surface area contributed by atoms with Gasteiger partial charge in [-0.2, -0.15) is 4.31 Å². The first-order valence-corrected chi connectivity index (χ1v) is 8.53. The summed E-state index contributed by atoms with van der Waals surface area (Å²) in [5.74, 6) is 0.394. The van der Waals surface area contributed by atoms with Crippen LogP contribution in [0.4, 0.5) is 5.69 Å². The second-order valence-electron chi connectivity index (χ2n) is 5.46. The van der Waals surface area contributed by atoms with E-state index in [0.29, 0.717) is 11.6 Å². The van der Waals surface area contributed by atoms with Crippen LogP contribution in [0.15, 0.2) is 23.4 Å². The number of hydrogen-bond donors (Lipinski definition) is 1. The zero-order valence-corrected chi connectivity index (χ0v) is 13.2. The minimum Gasteiger partial charge on any atom is -0.386 e. The molecule has 0 aliphatic heterocycles. The topological polar surface area (TPSA) is 62.3 Å². The summed E-state index contributed by atoms with van der Waals surface area (Å²) >= 11 is 0. The fraction of sp³-hybridized carbons (Fsp3) is 0.643. The minimum atomic E-state index is -3.55. The van der Waals surface area contributed by atoms with Crippen molar-refractivity contribution < 1.29 is 8.42 Å². The van der Waals surface area contributed by atoms with Crippen LogP contribution in [0.1, 0.15) is 32.6 Å². The van der Waals surface area contributed by atoms with Crippen molar-refractivity contribution in [3.63, 3.8) is 0 Å². The lowest BCUT2D eigenvalue weighted by Crippen LogP contribution is -2.42. The number of pyridine rings is 1. The maximum atomic E-state index is 12.8. The van der Waals surface area contributed by atoms with Gasteiger partial charge in [-0.1, -0.05) is 19.8 Å². The van der Waals surface area contributed by atoms with Crippen molar-refractivity contribution in [2.45, 2.75) is 43.7 Å². The number of nitrogens with one attached hydrogen (secondary N) is 1. The summed E-state index contributed by atoms with van der Waals surface area (Å²) in [5, 5.41) is 3.02. The Balaban J connectivity index is 2.34. The van der Waals surface area contributed by atoms with Crippen LogP contribution in [0.5, 0.6) is 0 Å². The normalized spacial score (nSPS) is 23.8. The molecule has 1 saturated carbocycles. The van der Waals surface area contributed by atoms with Crippen LogP contribution in [0.25, 0.3) is 0 Å². The number of rotatable bonds is 4. The van der Waals surface area contributed by atoms with Gasteiger partial charge in [-0.05, 0) is 30.9 Å². The molecular weight excluding hydrogens is 274 g/mol. The van der Waals surface area contributed by atoms with Gasteiger partial charge in [0.1, 0.15) is 0 Å². The lowest BCUT2D eigenvalue weighted by Gasteiger charge is -2.35. The van der Waals surface area contributed by atoms with Crippen molar-refractivity contribution in [1.29, 1.82) is 0 Å². The number of nitrogens with zero attached hydrogens (tertiary/aromatic N) is 2. The first kappa shape index (κ1) is 15.3. The van der Waals surface area contributed by atoms with Gasteiger partial charge in [0.15, 0.2) is 5.03 Å². The van der Waals surface area contributed by atoms with Crippen LogP contribution in [0, 0.1) is 5.92 Å². The third-order valence-corrected chi connectivity index (χ3v) is 6.04. The molecular formula is C14H23N3O2S. The Labute approximate surface area is 121 Å². The molecule has 2 rings (SSSR count). The summed E-state index contributed by atoms with van der Waals surface area (Å²) in [7, 11) is -0.170. The van der Waals surface area contributed by atoms with E-state index in [-0.39, 0.29) is 11.1 Å². The van der Waals surface area contributed by atoms with Gasteiger partial charge in [0.2, 0.25) is 0 Å². The molecule has 0 aromatic carbocycles. The lowest BCUT2D eigenvalue weighted by molar-refractivity contribution is 0.213. The molecule has 2 atom stereocenters. The highest BCUT2D eigenvalue weighted by Crippen LogP contribution is 2.31. The summed E-state index contributed by atoms with van der Waals surface area (Å²) in [4.78, 5) is 4.07. The van der Waals surface area contributed by atoms with E-state index in [4.69, 9.17) is 0 Å². The molecule has 1 heterocycles. The van der Waals surface area contributed by atoms with Gasteiger partial charge < -0.3 is 5.32 Å². The first-order chi connectivity index (χ1) is 9.48. The van der Waals surface area contributed by atoms with Gasteiger partial charge in [-0.3, -0.25) is 0 Å². The van der Waals surface area contributed by atoms with Crippen molar-refractivity contribution in [1.82, 2.24) is 9.29 Å². The van der Waals surface area contributed by atoms with Crippen molar-refractivity contribution >= 4 is 15.7 Å². The predicted molar refractivity (Wildman–Crippen MR) is 80.2 cm³/mol. The van der Waals surface area contributed by atoms with Gasteiger partial charge in [0, 0.05) is 26.3 Å². The van der Waals surface area contributed by atoms with Crippen molar-refractivity contribution in [2.75, 3.05) is 19.4 Å². The van der Waals surface area contributed by atoms with E-state index >= 15 is 0 Å². The molecule has 1 fully saturated rings. The second-order valence-corrected chi connectivity index (χ2v) is 7.37. The van der Waals surface area contributed by atoms with Gasteiger partial charge in [-0.25, -0.2) is 13.4 Å². The van der Waals surface area contributed by atoms with Crippen LogP contribution in [-0.4, -0.2) is 37.8 Å². The summed E-state index contributed by atoms with van der Waals surface area (Å²) < 4.78 is 27.1. The van der Waals surface area contributed by atoms with Crippen molar-refractivity contribution in [2.24, 2.45) is 5.92 Å². The molecule has 1 aromatic rings. The average Bonchev–Trinajstić information content (AvgIpc) is 2.47. The van der Waals surface area contributed by atoms with Crippen LogP contribution in [0.3, 0.4) is 0 Å². The third kappa shape index (κ3) is 2.81. The molecule has 112 valence electrons. The molecule has 1 aliphatic rings. The van der Waals surface area contributed by atoms with E-state index in [1.165, 1.54) is 16.9 Å². The molecule has 1 aliphatic carbocycles. The third-order valence-electron chi connectivity index (χ3n) is 4.20. The highest BCUT2D eigenvalue weighted by Gasteiger charge is 2.34. The Bertz CT molecular complexity index is 559. The summed E-state index contributed by atoms with van der Waals surface area (Å²) in [6.45, 7) is 2.13. The van der Waals surface area contributed by atoms with E-state index in [9.17, 15) is 8.42 Å². The Kier molecular flexibility index (Phi) is 4.65.